The maximum Gasteiger partial charge on any atom is 0.271 e. The minimum atomic E-state index is -0.324. The van der Waals surface area contributed by atoms with Crippen molar-refractivity contribution in [3.63, 3.8) is 0 Å². The van der Waals surface area contributed by atoms with E-state index in [1.807, 2.05) is 60.0 Å². The monoisotopic (exact) mass is 808 g/mol. The van der Waals surface area contributed by atoms with Crippen molar-refractivity contribution in [2.24, 2.45) is 5.10 Å². The number of thiazole rings is 1. The highest BCUT2D eigenvalue weighted by atomic mass is 127. The molecule has 0 atom stereocenters. The first-order valence-corrected chi connectivity index (χ1v) is 15.5. The van der Waals surface area contributed by atoms with Crippen LogP contribution in [-0.2, 0) is 6.61 Å². The molecular weight excluding hydrogens is 789 g/mol. The van der Waals surface area contributed by atoms with Crippen LogP contribution in [0.2, 0.25) is 5.02 Å². The average molecular weight is 809 g/mol. The van der Waals surface area contributed by atoms with Crippen molar-refractivity contribution in [2.75, 3.05) is 5.32 Å². The lowest BCUT2D eigenvalue weighted by Crippen LogP contribution is -2.17. The lowest BCUT2D eigenvalue weighted by Gasteiger charge is -2.11. The van der Waals surface area contributed by atoms with Gasteiger partial charge in [0.2, 0.25) is 0 Å². The number of nitrogens with one attached hydrogen (secondary N) is 2. The summed E-state index contributed by atoms with van der Waals surface area (Å²) < 4.78 is 21.1. The van der Waals surface area contributed by atoms with Gasteiger partial charge in [0.25, 0.3) is 5.91 Å². The Labute approximate surface area is 272 Å². The third kappa shape index (κ3) is 8.03. The van der Waals surface area contributed by atoms with Gasteiger partial charge in [-0.1, -0.05) is 35.9 Å². The smallest absolute Gasteiger partial charge is 0.271 e. The summed E-state index contributed by atoms with van der Waals surface area (Å²) in [6.45, 7) is 0.260. The van der Waals surface area contributed by atoms with E-state index in [1.54, 1.807) is 24.4 Å². The van der Waals surface area contributed by atoms with Gasteiger partial charge >= 0.3 is 0 Å². The van der Waals surface area contributed by atoms with Gasteiger partial charge in [0.05, 0.1) is 19.0 Å². The first-order valence-electron chi connectivity index (χ1n) is 12.1. The van der Waals surface area contributed by atoms with Gasteiger partial charge in [-0.05, 0) is 117 Å². The van der Waals surface area contributed by atoms with Crippen molar-refractivity contribution < 1.29 is 13.9 Å². The molecule has 5 rings (SSSR count). The number of nitrogens with zero attached hydrogens (tertiary/aromatic N) is 2. The summed E-state index contributed by atoms with van der Waals surface area (Å²) in [5, 5.41) is 10.8. The Kier molecular flexibility index (Phi) is 9.85. The molecule has 2 N–H and O–H groups in total. The SMILES string of the molecule is O=C(N/N=C\c1cc(I)c(OCc2cccc(F)c2)c(I)c1)c1ccc(-c2csc(Nc3ccc(Cl)cc3)n2)cc1. The zero-order valence-corrected chi connectivity index (χ0v) is 27.0. The second-order valence-corrected chi connectivity index (χ2v) is 12.3. The van der Waals surface area contributed by atoms with Crippen molar-refractivity contribution in [2.45, 2.75) is 6.61 Å². The van der Waals surface area contributed by atoms with Gasteiger partial charge in [0.1, 0.15) is 18.2 Å². The van der Waals surface area contributed by atoms with Crippen molar-refractivity contribution >= 4 is 91.1 Å². The Balaban J connectivity index is 1.16. The zero-order chi connectivity index (χ0) is 28.8. The van der Waals surface area contributed by atoms with Gasteiger partial charge in [0, 0.05) is 27.2 Å². The number of hydrazone groups is 1. The van der Waals surface area contributed by atoms with Crippen LogP contribution in [0.15, 0.2) is 95.4 Å². The Morgan fingerprint density at radius 2 is 1.76 bits per heavy atom. The summed E-state index contributed by atoms with van der Waals surface area (Å²) in [6.07, 6.45) is 1.58. The fourth-order valence-corrected chi connectivity index (χ4v) is 6.71. The van der Waals surface area contributed by atoms with E-state index in [0.717, 1.165) is 40.3 Å². The van der Waals surface area contributed by atoms with Gasteiger partial charge in [-0.25, -0.2) is 14.8 Å². The second-order valence-electron chi connectivity index (χ2n) is 8.68. The molecule has 6 nitrogen and oxygen atoms in total. The summed E-state index contributed by atoms with van der Waals surface area (Å²) in [4.78, 5) is 17.3. The molecule has 41 heavy (non-hydrogen) atoms. The maximum absolute atomic E-state index is 13.4. The third-order valence-corrected chi connectivity index (χ3v) is 8.33. The highest BCUT2D eigenvalue weighted by Gasteiger charge is 2.11. The fraction of sp³-hybridized carbons (Fsp3) is 0.0333. The van der Waals surface area contributed by atoms with E-state index in [2.05, 4.69) is 66.0 Å². The normalized spacial score (nSPS) is 11.0. The van der Waals surface area contributed by atoms with Gasteiger partial charge in [-0.15, -0.1) is 11.3 Å². The molecule has 1 heterocycles. The highest BCUT2D eigenvalue weighted by Crippen LogP contribution is 2.30. The van der Waals surface area contributed by atoms with Crippen LogP contribution in [0, 0.1) is 13.0 Å². The molecular formula is C30H20ClFI2N4O2S. The number of halogens is 4. The number of amides is 1. The van der Waals surface area contributed by atoms with Crippen LogP contribution >= 0.6 is 68.1 Å². The van der Waals surface area contributed by atoms with Crippen molar-refractivity contribution in [3.8, 4) is 17.0 Å². The van der Waals surface area contributed by atoms with Gasteiger partial charge < -0.3 is 10.1 Å². The average Bonchev–Trinajstić information content (AvgIpc) is 3.42. The molecule has 4 aromatic carbocycles. The molecule has 0 bridgehead atoms. The summed E-state index contributed by atoms with van der Waals surface area (Å²) in [6, 6.07) is 24.7. The molecule has 0 radical (unpaired) electrons. The lowest BCUT2D eigenvalue weighted by atomic mass is 10.1. The van der Waals surface area contributed by atoms with Crippen molar-refractivity contribution in [1.29, 1.82) is 0 Å². The van der Waals surface area contributed by atoms with E-state index in [1.165, 1.54) is 23.5 Å². The predicted molar refractivity (Wildman–Crippen MR) is 180 cm³/mol. The van der Waals surface area contributed by atoms with E-state index in [9.17, 15) is 9.18 Å². The number of benzene rings is 4. The largest absolute Gasteiger partial charge is 0.487 e. The van der Waals surface area contributed by atoms with E-state index in [-0.39, 0.29) is 18.3 Å². The van der Waals surface area contributed by atoms with E-state index in [4.69, 9.17) is 16.3 Å². The quantitative estimate of drug-likeness (QED) is 0.0887. The maximum atomic E-state index is 13.4. The molecule has 0 saturated heterocycles. The number of rotatable bonds is 9. The van der Waals surface area contributed by atoms with Crippen molar-refractivity contribution in [1.82, 2.24) is 10.4 Å². The van der Waals surface area contributed by atoms with Crippen LogP contribution < -0.4 is 15.5 Å². The minimum absolute atomic E-state index is 0.260. The number of anilines is 2. The number of ether oxygens (including phenoxy) is 1. The van der Waals surface area contributed by atoms with Crippen LogP contribution in [0.1, 0.15) is 21.5 Å². The van der Waals surface area contributed by atoms with Crippen LogP contribution in [0.4, 0.5) is 15.2 Å². The summed E-state index contributed by atoms with van der Waals surface area (Å²) in [5.74, 6) is 0.0946. The molecule has 0 fully saturated rings. The van der Waals surface area contributed by atoms with Crippen LogP contribution in [0.5, 0.6) is 5.75 Å². The molecule has 5 aromatic rings. The Hall–Kier alpha value is -3.07. The van der Waals surface area contributed by atoms with E-state index < -0.39 is 0 Å². The number of hydrogen-bond donors (Lipinski definition) is 2. The molecule has 0 aliphatic rings. The third-order valence-electron chi connectivity index (χ3n) is 5.72. The fourth-order valence-electron chi connectivity index (χ4n) is 3.72. The van der Waals surface area contributed by atoms with E-state index >= 15 is 0 Å². The first kappa shape index (κ1) is 29.4. The summed E-state index contributed by atoms with van der Waals surface area (Å²) in [5.41, 5.74) is 7.21. The van der Waals surface area contributed by atoms with E-state index in [0.29, 0.717) is 16.3 Å². The molecule has 0 spiro atoms. The zero-order valence-electron chi connectivity index (χ0n) is 21.1. The molecule has 1 aromatic heterocycles. The summed E-state index contributed by atoms with van der Waals surface area (Å²) >= 11 is 11.8. The topological polar surface area (TPSA) is 75.6 Å². The molecule has 0 saturated carbocycles. The number of aromatic nitrogens is 1. The number of hydrogen-bond acceptors (Lipinski definition) is 6. The molecule has 0 aliphatic carbocycles. The lowest BCUT2D eigenvalue weighted by molar-refractivity contribution is 0.0955. The molecule has 0 aliphatic heterocycles. The Morgan fingerprint density at radius 1 is 1.02 bits per heavy atom. The molecule has 1 amide bonds. The molecule has 11 heteroatoms. The van der Waals surface area contributed by atoms with Crippen LogP contribution in [-0.4, -0.2) is 17.1 Å². The number of carbonyl (C=O) groups is 1. The van der Waals surface area contributed by atoms with Gasteiger partial charge in [0.15, 0.2) is 5.13 Å². The second kappa shape index (κ2) is 13.7. The van der Waals surface area contributed by atoms with Gasteiger partial charge in [-0.3, -0.25) is 4.79 Å². The Morgan fingerprint density at radius 3 is 2.46 bits per heavy atom. The highest BCUT2D eigenvalue weighted by molar-refractivity contribution is 14.1. The molecule has 206 valence electrons. The van der Waals surface area contributed by atoms with Crippen LogP contribution in [0.3, 0.4) is 0 Å². The first-order chi connectivity index (χ1) is 19.8. The molecule has 0 unspecified atom stereocenters. The standard InChI is InChI=1S/C30H20ClFI2N4O2S/c31-22-8-10-24(11-9-22)36-30-37-27(17-41-30)20-4-6-21(7-5-20)29(39)38-35-15-19-13-25(33)28(26(34)14-19)40-16-18-2-1-3-23(32)12-18/h1-15,17H,16H2,(H,36,37)(H,38,39)/b35-15-. The summed E-state index contributed by atoms with van der Waals surface area (Å²) in [7, 11) is 0. The van der Waals surface area contributed by atoms with Crippen molar-refractivity contribution in [3.05, 3.63) is 125 Å². The Bertz CT molecular complexity index is 1690. The van der Waals surface area contributed by atoms with Gasteiger partial charge in [-0.2, -0.15) is 5.10 Å². The van der Waals surface area contributed by atoms with Crippen LogP contribution in [0.25, 0.3) is 11.3 Å². The predicted octanol–water partition coefficient (Wildman–Crippen LogP) is 8.90. The number of carbonyl (C=O) groups excluding carboxylic acids is 1. The minimum Gasteiger partial charge on any atom is -0.487 e.